The van der Waals surface area contributed by atoms with Gasteiger partial charge in [0.1, 0.15) is 16.4 Å². The van der Waals surface area contributed by atoms with E-state index < -0.39 is 0 Å². The van der Waals surface area contributed by atoms with Crippen LogP contribution >= 0.6 is 11.3 Å². The maximum Gasteiger partial charge on any atom is 0.264 e. The van der Waals surface area contributed by atoms with Crippen molar-refractivity contribution in [3.63, 3.8) is 0 Å². The zero-order chi connectivity index (χ0) is 27.6. The molecule has 0 unspecified atom stereocenters. The number of thiophene rings is 1. The van der Waals surface area contributed by atoms with Crippen molar-refractivity contribution in [1.82, 2.24) is 19.8 Å². The second-order valence-corrected chi connectivity index (χ2v) is 12.2. The van der Waals surface area contributed by atoms with Gasteiger partial charge < -0.3 is 19.5 Å². The largest absolute Gasteiger partial charge is 0.493 e. The molecule has 2 aliphatic heterocycles. The average molecular weight is 551 g/mol. The molecule has 3 aromatic rings. The van der Waals surface area contributed by atoms with Crippen LogP contribution in [0.25, 0.3) is 10.2 Å². The molecule has 1 N–H and O–H groups in total. The molecule has 8 nitrogen and oxygen atoms in total. The summed E-state index contributed by atoms with van der Waals surface area (Å²) in [5.41, 5.74) is 1.74. The zero-order valence-corrected chi connectivity index (χ0v) is 24.0. The fraction of sp³-hybridized carbons (Fsp3) is 0.533. The number of likely N-dealkylation sites (tertiary alicyclic amines) is 1. The zero-order valence-electron chi connectivity index (χ0n) is 23.2. The van der Waals surface area contributed by atoms with Gasteiger partial charge in [0.2, 0.25) is 5.91 Å². The number of aromatic nitrogens is 2. The first-order valence-electron chi connectivity index (χ1n) is 14.0. The maximum atomic E-state index is 13.6. The van der Waals surface area contributed by atoms with Crippen LogP contribution in [0.4, 0.5) is 0 Å². The Hall–Kier alpha value is -3.20. The molecule has 1 fully saturated rings. The van der Waals surface area contributed by atoms with E-state index in [0.717, 1.165) is 44.3 Å². The van der Waals surface area contributed by atoms with E-state index in [1.54, 1.807) is 6.92 Å². The molecule has 0 saturated carbocycles. The number of para-hydroxylation sites is 1. The number of piperidine rings is 1. The number of benzene rings is 1. The number of ether oxygens (including phenoxy) is 1. The Kier molecular flexibility index (Phi) is 8.07. The average Bonchev–Trinajstić information content (AvgIpc) is 3.25. The van der Waals surface area contributed by atoms with Crippen molar-refractivity contribution in [3.05, 3.63) is 56.4 Å². The number of carbonyl (C=O) groups excluding carboxylic acids is 2. The summed E-state index contributed by atoms with van der Waals surface area (Å²) in [5, 5.41) is 0.514. The van der Waals surface area contributed by atoms with Gasteiger partial charge in [0.15, 0.2) is 0 Å². The van der Waals surface area contributed by atoms with Gasteiger partial charge in [-0.2, -0.15) is 0 Å². The van der Waals surface area contributed by atoms with Crippen molar-refractivity contribution in [3.8, 4) is 5.75 Å². The van der Waals surface area contributed by atoms with Crippen LogP contribution in [0.2, 0.25) is 0 Å². The minimum atomic E-state index is -0.190. The Morgan fingerprint density at radius 1 is 1.05 bits per heavy atom. The molecule has 2 aliphatic rings. The van der Waals surface area contributed by atoms with Crippen molar-refractivity contribution < 1.29 is 14.3 Å². The van der Waals surface area contributed by atoms with E-state index in [1.807, 2.05) is 35.9 Å². The van der Waals surface area contributed by atoms with Gasteiger partial charge in [0.25, 0.3) is 11.5 Å². The SMILES string of the molecule is Cc1nc2sc(C(=O)N3CCC4(CCCCc5ccccc5OCCCC(=O)N(C)C4)CC3)c(C)c2c(=O)[nH]1. The van der Waals surface area contributed by atoms with Crippen LogP contribution in [0.3, 0.4) is 0 Å². The van der Waals surface area contributed by atoms with Crippen LogP contribution in [0.1, 0.15) is 71.6 Å². The lowest BCUT2D eigenvalue weighted by molar-refractivity contribution is -0.132. The van der Waals surface area contributed by atoms with Gasteiger partial charge in [-0.1, -0.05) is 24.6 Å². The summed E-state index contributed by atoms with van der Waals surface area (Å²) in [6.45, 7) is 6.14. The van der Waals surface area contributed by atoms with Gasteiger partial charge in [-0.3, -0.25) is 14.4 Å². The summed E-state index contributed by atoms with van der Waals surface area (Å²) in [6, 6.07) is 8.22. The Labute approximate surface area is 233 Å². The summed E-state index contributed by atoms with van der Waals surface area (Å²) >= 11 is 1.31. The fourth-order valence-electron chi connectivity index (χ4n) is 6.12. The third-order valence-electron chi connectivity index (χ3n) is 8.39. The molecule has 9 heteroatoms. The van der Waals surface area contributed by atoms with E-state index in [1.165, 1.54) is 16.9 Å². The molecule has 5 rings (SSSR count). The topological polar surface area (TPSA) is 95.6 Å². The highest BCUT2D eigenvalue weighted by atomic mass is 32.1. The van der Waals surface area contributed by atoms with Crippen molar-refractivity contribution in [1.29, 1.82) is 0 Å². The number of rotatable bonds is 1. The highest BCUT2D eigenvalue weighted by Gasteiger charge is 2.38. The predicted octanol–water partition coefficient (Wildman–Crippen LogP) is 4.87. The Balaban J connectivity index is 1.31. The maximum absolute atomic E-state index is 13.6. The van der Waals surface area contributed by atoms with Crippen LogP contribution in [0.5, 0.6) is 5.75 Å². The highest BCUT2D eigenvalue weighted by Crippen LogP contribution is 2.39. The highest BCUT2D eigenvalue weighted by molar-refractivity contribution is 7.20. The van der Waals surface area contributed by atoms with Crippen molar-refractivity contribution >= 4 is 33.4 Å². The molecule has 1 saturated heterocycles. The lowest BCUT2D eigenvalue weighted by Crippen LogP contribution is -2.48. The van der Waals surface area contributed by atoms with Crippen LogP contribution in [0, 0.1) is 19.3 Å². The molecule has 2 amide bonds. The van der Waals surface area contributed by atoms with Gasteiger partial charge in [0.05, 0.1) is 16.9 Å². The molecule has 2 aromatic heterocycles. The van der Waals surface area contributed by atoms with Crippen molar-refractivity contribution in [2.24, 2.45) is 5.41 Å². The van der Waals surface area contributed by atoms with Crippen LogP contribution in [0.15, 0.2) is 29.1 Å². The van der Waals surface area contributed by atoms with Crippen LogP contribution in [-0.4, -0.2) is 64.9 Å². The van der Waals surface area contributed by atoms with E-state index >= 15 is 0 Å². The minimum Gasteiger partial charge on any atom is -0.493 e. The lowest BCUT2D eigenvalue weighted by Gasteiger charge is -2.44. The number of H-pyrrole nitrogens is 1. The molecule has 4 heterocycles. The van der Waals surface area contributed by atoms with E-state index in [0.29, 0.717) is 65.6 Å². The quantitative estimate of drug-likeness (QED) is 0.467. The van der Waals surface area contributed by atoms with Crippen molar-refractivity contribution in [2.45, 2.75) is 65.2 Å². The number of aryl methyl sites for hydroxylation is 3. The van der Waals surface area contributed by atoms with E-state index in [2.05, 4.69) is 22.1 Å². The minimum absolute atomic E-state index is 0.00759. The molecule has 1 aromatic carbocycles. The molecule has 1 spiro atoms. The molecular weight excluding hydrogens is 512 g/mol. The lowest BCUT2D eigenvalue weighted by atomic mass is 9.73. The van der Waals surface area contributed by atoms with Crippen molar-refractivity contribution in [2.75, 3.05) is 33.3 Å². The van der Waals surface area contributed by atoms with Gasteiger partial charge >= 0.3 is 0 Å². The third kappa shape index (κ3) is 5.88. The number of carbonyl (C=O) groups is 2. The molecule has 0 bridgehead atoms. The smallest absolute Gasteiger partial charge is 0.264 e. The molecule has 0 atom stereocenters. The fourth-order valence-corrected chi connectivity index (χ4v) is 7.32. The summed E-state index contributed by atoms with van der Waals surface area (Å²) in [6.07, 6.45) is 7.00. The summed E-state index contributed by atoms with van der Waals surface area (Å²) in [5.74, 6) is 1.61. The van der Waals surface area contributed by atoms with Gasteiger partial charge in [0, 0.05) is 33.1 Å². The standard InChI is InChI=1S/C30H38N4O4S/c1-20-25-27(36)31-21(2)32-28(25)39-26(20)29(37)34-16-14-30(15-17-34)13-7-6-10-22-9-4-5-11-23(22)38-18-8-12-24(35)33(3)19-30/h4-5,9,11H,6-8,10,12-19H2,1-3H3,(H,31,32,36). The van der Waals surface area contributed by atoms with Gasteiger partial charge in [-0.05, 0) is 75.0 Å². The Bertz CT molecular complexity index is 1420. The number of nitrogens with one attached hydrogen (secondary N) is 1. The third-order valence-corrected chi connectivity index (χ3v) is 9.56. The molecule has 39 heavy (non-hydrogen) atoms. The molecular formula is C30H38N4O4S. The predicted molar refractivity (Wildman–Crippen MR) is 154 cm³/mol. The van der Waals surface area contributed by atoms with Gasteiger partial charge in [-0.25, -0.2) is 4.98 Å². The normalized spacial score (nSPS) is 19.0. The first kappa shape index (κ1) is 27.4. The van der Waals surface area contributed by atoms with Gasteiger partial charge in [-0.15, -0.1) is 11.3 Å². The Morgan fingerprint density at radius 3 is 2.62 bits per heavy atom. The number of hydrogen-bond acceptors (Lipinski definition) is 6. The van der Waals surface area contributed by atoms with E-state index in [-0.39, 0.29) is 22.8 Å². The molecule has 0 aliphatic carbocycles. The number of aromatic amines is 1. The van der Waals surface area contributed by atoms with Crippen LogP contribution in [-0.2, 0) is 11.2 Å². The summed E-state index contributed by atoms with van der Waals surface area (Å²) in [4.78, 5) is 51.3. The molecule has 0 radical (unpaired) electrons. The number of fused-ring (bicyclic) bond motifs is 2. The first-order valence-corrected chi connectivity index (χ1v) is 14.8. The van der Waals surface area contributed by atoms with Crippen LogP contribution < -0.4 is 10.3 Å². The monoisotopic (exact) mass is 550 g/mol. The first-order chi connectivity index (χ1) is 18.8. The second-order valence-electron chi connectivity index (χ2n) is 11.2. The second kappa shape index (κ2) is 11.5. The summed E-state index contributed by atoms with van der Waals surface area (Å²) < 4.78 is 6.01. The Morgan fingerprint density at radius 2 is 1.82 bits per heavy atom. The number of nitrogens with zero attached hydrogens (tertiary/aromatic N) is 3. The van der Waals surface area contributed by atoms with E-state index in [4.69, 9.17) is 4.74 Å². The van der Waals surface area contributed by atoms with E-state index in [9.17, 15) is 14.4 Å². The molecule has 208 valence electrons. The number of amides is 2. The number of hydrogen-bond donors (Lipinski definition) is 1. The summed E-state index contributed by atoms with van der Waals surface area (Å²) in [7, 11) is 1.91.